The molecular formula is C18H32N2O3. The lowest BCUT2D eigenvalue weighted by atomic mass is 9.82. The molecule has 0 fully saturated rings. The Hall–Kier alpha value is -1.20. The Morgan fingerprint density at radius 1 is 0.957 bits per heavy atom. The van der Waals surface area contributed by atoms with E-state index in [-0.39, 0.29) is 16.3 Å². The summed E-state index contributed by atoms with van der Waals surface area (Å²) < 4.78 is 5.68. The van der Waals surface area contributed by atoms with Crippen molar-refractivity contribution in [1.29, 1.82) is 0 Å². The minimum atomic E-state index is -0.363. The first-order valence-corrected chi connectivity index (χ1v) is 8.59. The molecule has 0 unspecified atom stereocenters. The monoisotopic (exact) mass is 324 g/mol. The Morgan fingerprint density at radius 3 is 2.09 bits per heavy atom. The van der Waals surface area contributed by atoms with Gasteiger partial charge in [-0.15, -0.1) is 0 Å². The van der Waals surface area contributed by atoms with Crippen LogP contribution in [0.3, 0.4) is 0 Å². The fourth-order valence-electron chi connectivity index (χ4n) is 2.79. The number of rotatable bonds is 10. The van der Waals surface area contributed by atoms with Crippen molar-refractivity contribution in [3.8, 4) is 0 Å². The van der Waals surface area contributed by atoms with E-state index < -0.39 is 0 Å². The van der Waals surface area contributed by atoms with Gasteiger partial charge in [-0.25, -0.2) is 0 Å². The second kappa shape index (κ2) is 8.60. The first-order chi connectivity index (χ1) is 10.7. The van der Waals surface area contributed by atoms with Gasteiger partial charge in [0.15, 0.2) is 0 Å². The molecule has 5 heteroatoms. The van der Waals surface area contributed by atoms with Gasteiger partial charge in [0.1, 0.15) is 0 Å². The first-order valence-electron chi connectivity index (χ1n) is 8.59. The predicted octanol–water partition coefficient (Wildman–Crippen LogP) is 1.76. The van der Waals surface area contributed by atoms with E-state index in [0.717, 1.165) is 26.1 Å². The molecular weight excluding hydrogens is 292 g/mol. The zero-order valence-corrected chi connectivity index (χ0v) is 15.6. The second-order valence-electron chi connectivity index (χ2n) is 7.10. The van der Waals surface area contributed by atoms with E-state index in [9.17, 15) is 9.59 Å². The Morgan fingerprint density at radius 2 is 1.57 bits per heavy atom. The van der Waals surface area contributed by atoms with Gasteiger partial charge in [0.2, 0.25) is 10.9 Å². The van der Waals surface area contributed by atoms with Crippen molar-refractivity contribution in [1.82, 2.24) is 4.90 Å². The van der Waals surface area contributed by atoms with Crippen LogP contribution in [0, 0.1) is 0 Å². The molecule has 0 bridgehead atoms. The van der Waals surface area contributed by atoms with Gasteiger partial charge >= 0.3 is 0 Å². The molecule has 0 N–H and O–H groups in total. The molecule has 0 aliphatic heterocycles. The van der Waals surface area contributed by atoms with Gasteiger partial charge in [0.25, 0.3) is 0 Å². The quantitative estimate of drug-likeness (QED) is 0.485. The molecule has 0 spiro atoms. The van der Waals surface area contributed by atoms with Crippen LogP contribution in [0.2, 0.25) is 0 Å². The average Bonchev–Trinajstić information content (AvgIpc) is 2.48. The molecule has 1 rings (SSSR count). The van der Waals surface area contributed by atoms with E-state index >= 15 is 0 Å². The molecule has 0 saturated heterocycles. The van der Waals surface area contributed by atoms with Crippen LogP contribution < -0.4 is 15.8 Å². The minimum absolute atomic E-state index is 0.294. The number of ether oxygens (including phenoxy) is 1. The van der Waals surface area contributed by atoms with Crippen LogP contribution in [0.1, 0.15) is 46.6 Å². The maximum Gasteiger partial charge on any atom is 0.249 e. The van der Waals surface area contributed by atoms with Crippen molar-refractivity contribution in [3.63, 3.8) is 0 Å². The topological polar surface area (TPSA) is 49.9 Å². The number of likely N-dealkylation sites (N-methyl/N-ethyl adjacent to an activating group) is 2. The van der Waals surface area contributed by atoms with Crippen molar-refractivity contribution in [2.24, 2.45) is 0 Å². The standard InChI is InChI=1S/C18H32N2O3/c1-7-9-20(8-2)11-13-23-12-10-19(6)15-14(18(3,4)5)16(21)17(15)22/h7-13H2,1-6H3. The SMILES string of the molecule is CCCN(CC)CCOCCN(C)c1c(C(C)(C)C)c(=O)c1=O. The summed E-state index contributed by atoms with van der Waals surface area (Å²) in [6.45, 7) is 15.2. The van der Waals surface area contributed by atoms with Gasteiger partial charge in [-0.2, -0.15) is 0 Å². The van der Waals surface area contributed by atoms with Gasteiger partial charge in [-0.3, -0.25) is 9.59 Å². The maximum atomic E-state index is 11.9. The average molecular weight is 324 g/mol. The Bertz CT molecular complexity index is 553. The summed E-state index contributed by atoms with van der Waals surface area (Å²) in [4.78, 5) is 27.9. The smallest absolute Gasteiger partial charge is 0.249 e. The summed E-state index contributed by atoms with van der Waals surface area (Å²) in [6, 6.07) is 0. The Kier molecular flexibility index (Phi) is 7.42. The summed E-state index contributed by atoms with van der Waals surface area (Å²) in [6.07, 6.45) is 1.15. The number of anilines is 1. The highest BCUT2D eigenvalue weighted by molar-refractivity contribution is 5.60. The molecule has 1 aromatic carbocycles. The maximum absolute atomic E-state index is 11.9. The molecule has 0 aromatic heterocycles. The van der Waals surface area contributed by atoms with Crippen LogP contribution in [0.5, 0.6) is 0 Å². The summed E-state index contributed by atoms with van der Waals surface area (Å²) in [7, 11) is 1.85. The highest BCUT2D eigenvalue weighted by atomic mass is 16.5. The van der Waals surface area contributed by atoms with E-state index in [2.05, 4.69) is 18.7 Å². The zero-order chi connectivity index (χ0) is 17.6. The van der Waals surface area contributed by atoms with Gasteiger partial charge in [-0.05, 0) is 24.9 Å². The van der Waals surface area contributed by atoms with Gasteiger partial charge in [-0.1, -0.05) is 34.6 Å². The molecule has 23 heavy (non-hydrogen) atoms. The van der Waals surface area contributed by atoms with E-state index in [1.165, 1.54) is 0 Å². The summed E-state index contributed by atoms with van der Waals surface area (Å²) in [5.41, 5.74) is 0.213. The summed E-state index contributed by atoms with van der Waals surface area (Å²) >= 11 is 0. The Balaban J connectivity index is 2.44. The van der Waals surface area contributed by atoms with Gasteiger partial charge in [0.05, 0.1) is 18.9 Å². The highest BCUT2D eigenvalue weighted by Gasteiger charge is 2.31. The molecule has 0 saturated carbocycles. The lowest BCUT2D eigenvalue weighted by molar-refractivity contribution is 0.110. The molecule has 0 atom stereocenters. The van der Waals surface area contributed by atoms with Crippen molar-refractivity contribution in [2.45, 2.75) is 46.5 Å². The normalized spacial score (nSPS) is 12.3. The van der Waals surface area contributed by atoms with E-state index in [1.54, 1.807) is 0 Å². The fraction of sp³-hybridized carbons (Fsp3) is 0.778. The molecule has 0 radical (unpaired) electrons. The minimum Gasteiger partial charge on any atom is -0.378 e. The third-order valence-electron chi connectivity index (χ3n) is 4.13. The number of hydrogen-bond donors (Lipinski definition) is 0. The van der Waals surface area contributed by atoms with E-state index in [1.807, 2.05) is 32.7 Å². The largest absolute Gasteiger partial charge is 0.378 e. The molecule has 0 amide bonds. The lowest BCUT2D eigenvalue weighted by Crippen LogP contribution is -2.47. The van der Waals surface area contributed by atoms with Gasteiger partial charge < -0.3 is 14.5 Å². The van der Waals surface area contributed by atoms with Crippen molar-refractivity contribution in [2.75, 3.05) is 51.3 Å². The summed E-state index contributed by atoms with van der Waals surface area (Å²) in [5.74, 6) is 0. The first kappa shape index (κ1) is 19.8. The van der Waals surface area contributed by atoms with Crippen LogP contribution in [0.4, 0.5) is 5.69 Å². The molecule has 1 aromatic rings. The number of nitrogens with zero attached hydrogens (tertiary/aromatic N) is 2. The molecule has 0 heterocycles. The number of hydrogen-bond acceptors (Lipinski definition) is 5. The van der Waals surface area contributed by atoms with E-state index in [4.69, 9.17) is 4.74 Å². The highest BCUT2D eigenvalue weighted by Crippen LogP contribution is 2.27. The third-order valence-corrected chi connectivity index (χ3v) is 4.13. The van der Waals surface area contributed by atoms with E-state index in [0.29, 0.717) is 31.0 Å². The van der Waals surface area contributed by atoms with Crippen molar-refractivity contribution in [3.05, 3.63) is 26.0 Å². The Labute approximate surface area is 139 Å². The zero-order valence-electron chi connectivity index (χ0n) is 15.6. The van der Waals surface area contributed by atoms with Crippen molar-refractivity contribution >= 4 is 5.69 Å². The van der Waals surface area contributed by atoms with Gasteiger partial charge in [0, 0.05) is 25.7 Å². The van der Waals surface area contributed by atoms with Crippen LogP contribution >= 0.6 is 0 Å². The van der Waals surface area contributed by atoms with Crippen LogP contribution in [0.25, 0.3) is 0 Å². The molecule has 0 aliphatic rings. The van der Waals surface area contributed by atoms with Crippen molar-refractivity contribution < 1.29 is 4.74 Å². The molecule has 132 valence electrons. The molecule has 0 aliphatic carbocycles. The van der Waals surface area contributed by atoms with Crippen LogP contribution in [0.15, 0.2) is 9.59 Å². The predicted molar refractivity (Wildman–Crippen MR) is 96.5 cm³/mol. The summed E-state index contributed by atoms with van der Waals surface area (Å²) in [5, 5.41) is 0. The molecule has 5 nitrogen and oxygen atoms in total. The van der Waals surface area contributed by atoms with Crippen LogP contribution in [-0.2, 0) is 10.2 Å². The second-order valence-corrected chi connectivity index (χ2v) is 7.10. The lowest BCUT2D eigenvalue weighted by Gasteiger charge is -2.29. The third kappa shape index (κ3) is 5.15. The van der Waals surface area contributed by atoms with Crippen LogP contribution in [-0.4, -0.2) is 51.3 Å². The fourth-order valence-corrected chi connectivity index (χ4v) is 2.79.